The fourth-order valence-electron chi connectivity index (χ4n) is 4.64. The van der Waals surface area contributed by atoms with Crippen LogP contribution >= 0.6 is 0 Å². The number of phenolic OH excluding ortho intramolecular Hbond substituents is 1. The van der Waals surface area contributed by atoms with Gasteiger partial charge in [0.15, 0.2) is 0 Å². The number of rotatable bonds is 7. The Kier molecular flexibility index (Phi) is 8.06. The van der Waals surface area contributed by atoms with E-state index in [1.165, 1.54) is 24.6 Å². The maximum atomic E-state index is 10.4. The summed E-state index contributed by atoms with van der Waals surface area (Å²) in [5.41, 5.74) is 7.23. The van der Waals surface area contributed by atoms with Crippen LogP contribution in [-0.2, 0) is 0 Å². The molecule has 1 aromatic heterocycles. The van der Waals surface area contributed by atoms with Gasteiger partial charge >= 0.3 is 0 Å². The molecule has 2 aromatic carbocycles. The van der Waals surface area contributed by atoms with Crippen molar-refractivity contribution in [2.45, 2.75) is 52.4 Å². The molecular weight excluding hydrogens is 478 g/mol. The number of azo groups is 1. The molecule has 2 saturated heterocycles. The second kappa shape index (κ2) is 12.0. The van der Waals surface area contributed by atoms with E-state index in [0.29, 0.717) is 29.1 Å². The van der Waals surface area contributed by atoms with Crippen LogP contribution in [0.15, 0.2) is 51.7 Å². The van der Waals surface area contributed by atoms with Crippen molar-refractivity contribution in [2.24, 2.45) is 15.3 Å². The Morgan fingerprint density at radius 3 is 1.92 bits per heavy atom. The first-order chi connectivity index (χ1) is 18.5. The highest BCUT2D eigenvalue weighted by Gasteiger charge is 2.20. The predicted molar refractivity (Wildman–Crippen MR) is 151 cm³/mol. The van der Waals surface area contributed by atoms with Gasteiger partial charge in [0.05, 0.1) is 17.6 Å². The van der Waals surface area contributed by atoms with Crippen LogP contribution in [0.1, 0.15) is 55.2 Å². The van der Waals surface area contributed by atoms with Crippen molar-refractivity contribution < 1.29 is 5.11 Å². The lowest BCUT2D eigenvalue weighted by Gasteiger charge is -2.30. The van der Waals surface area contributed by atoms with Gasteiger partial charge in [-0.25, -0.2) is 5.43 Å². The molecule has 0 saturated carbocycles. The molecule has 2 N–H and O–H groups in total. The molecule has 0 unspecified atom stereocenters. The topological polar surface area (TPSA) is 114 Å². The molecule has 5 rings (SSSR count). The first kappa shape index (κ1) is 25.6. The summed E-state index contributed by atoms with van der Waals surface area (Å²) in [6.45, 7) is 7.91. The van der Waals surface area contributed by atoms with Crippen LogP contribution < -0.4 is 15.2 Å². The molecule has 198 valence electrons. The van der Waals surface area contributed by atoms with Crippen molar-refractivity contribution in [2.75, 3.05) is 41.4 Å². The number of phenols is 1. The minimum absolute atomic E-state index is 0.0966. The van der Waals surface area contributed by atoms with E-state index >= 15 is 0 Å². The van der Waals surface area contributed by atoms with Crippen LogP contribution in [0.2, 0.25) is 0 Å². The van der Waals surface area contributed by atoms with Gasteiger partial charge < -0.3 is 14.9 Å². The summed E-state index contributed by atoms with van der Waals surface area (Å²) in [5.74, 6) is 1.87. The number of anilines is 3. The second-order valence-corrected chi connectivity index (χ2v) is 9.94. The molecule has 0 aliphatic carbocycles. The van der Waals surface area contributed by atoms with Crippen molar-refractivity contribution in [3.8, 4) is 5.75 Å². The van der Waals surface area contributed by atoms with Gasteiger partial charge in [-0.2, -0.15) is 30.3 Å². The van der Waals surface area contributed by atoms with Crippen molar-refractivity contribution in [3.63, 3.8) is 0 Å². The Morgan fingerprint density at radius 2 is 1.32 bits per heavy atom. The zero-order valence-corrected chi connectivity index (χ0v) is 22.1. The molecule has 2 aliphatic rings. The van der Waals surface area contributed by atoms with Gasteiger partial charge in [0.25, 0.3) is 0 Å². The predicted octanol–water partition coefficient (Wildman–Crippen LogP) is 6.04. The molecule has 0 spiro atoms. The average molecular weight is 514 g/mol. The number of hydrogen-bond acceptors (Lipinski definition) is 10. The Bertz CT molecular complexity index is 1280. The number of aromatic nitrogens is 3. The van der Waals surface area contributed by atoms with Gasteiger partial charge in [-0.1, -0.05) is 6.07 Å². The third-order valence-corrected chi connectivity index (χ3v) is 7.04. The summed E-state index contributed by atoms with van der Waals surface area (Å²) in [6.07, 6.45) is 8.58. The van der Waals surface area contributed by atoms with E-state index in [1.807, 2.05) is 25.1 Å². The number of benzene rings is 2. The van der Waals surface area contributed by atoms with Gasteiger partial charge in [-0.15, -0.1) is 0 Å². The summed E-state index contributed by atoms with van der Waals surface area (Å²) < 4.78 is 0. The fourth-order valence-corrected chi connectivity index (χ4v) is 4.64. The largest absolute Gasteiger partial charge is 0.507 e. The van der Waals surface area contributed by atoms with Crippen molar-refractivity contribution in [3.05, 3.63) is 53.1 Å². The van der Waals surface area contributed by atoms with Crippen molar-refractivity contribution >= 4 is 35.4 Å². The standard InChI is InChI=1S/C28H35N9O/c1-20-9-10-23(17-21(20)2)33-34-24-11-12-25(38)22(18-24)19-29-35-26-30-27(36-13-5-3-6-14-36)32-28(31-26)37-15-7-4-8-16-37/h9-12,17-19,38H,3-8,13-16H2,1-2H3,(H,30,31,32,35)/b29-19-,34-33?. The number of nitrogens with one attached hydrogen (secondary N) is 1. The summed E-state index contributed by atoms with van der Waals surface area (Å²) in [6, 6.07) is 11.0. The van der Waals surface area contributed by atoms with E-state index in [9.17, 15) is 5.11 Å². The van der Waals surface area contributed by atoms with Crippen LogP contribution in [0.5, 0.6) is 5.75 Å². The van der Waals surface area contributed by atoms with Gasteiger partial charge in [-0.3, -0.25) is 0 Å². The van der Waals surface area contributed by atoms with Crippen LogP contribution in [0.4, 0.5) is 29.2 Å². The molecule has 2 aliphatic heterocycles. The van der Waals surface area contributed by atoms with Gasteiger partial charge in [-0.05, 0) is 93.8 Å². The van der Waals surface area contributed by atoms with E-state index in [2.05, 4.69) is 47.4 Å². The van der Waals surface area contributed by atoms with Crippen LogP contribution in [-0.4, -0.2) is 52.5 Å². The molecule has 2 fully saturated rings. The van der Waals surface area contributed by atoms with Gasteiger partial charge in [0.1, 0.15) is 5.75 Å². The Balaban J connectivity index is 1.33. The monoisotopic (exact) mass is 513 g/mol. The third-order valence-electron chi connectivity index (χ3n) is 7.04. The van der Waals surface area contributed by atoms with E-state index in [1.54, 1.807) is 18.2 Å². The fraction of sp³-hybridized carbons (Fsp3) is 0.429. The first-order valence-electron chi connectivity index (χ1n) is 13.4. The maximum absolute atomic E-state index is 10.4. The normalized spacial score (nSPS) is 16.5. The van der Waals surface area contributed by atoms with Crippen LogP contribution in [0, 0.1) is 13.8 Å². The van der Waals surface area contributed by atoms with Crippen molar-refractivity contribution in [1.29, 1.82) is 0 Å². The number of aromatic hydroxyl groups is 1. The highest BCUT2D eigenvalue weighted by molar-refractivity contribution is 5.85. The smallest absolute Gasteiger partial charge is 0.250 e. The molecular formula is C28H35N9O. The second-order valence-electron chi connectivity index (χ2n) is 9.94. The Labute approximate surface area is 223 Å². The minimum atomic E-state index is 0.0966. The molecule has 3 heterocycles. The van der Waals surface area contributed by atoms with Crippen LogP contribution in [0.3, 0.4) is 0 Å². The zero-order valence-electron chi connectivity index (χ0n) is 22.1. The minimum Gasteiger partial charge on any atom is -0.507 e. The molecule has 3 aromatic rings. The summed E-state index contributed by atoms with van der Waals surface area (Å²) in [4.78, 5) is 18.6. The van der Waals surface area contributed by atoms with E-state index in [4.69, 9.17) is 4.98 Å². The summed E-state index contributed by atoms with van der Waals surface area (Å²) in [5, 5.41) is 23.4. The summed E-state index contributed by atoms with van der Waals surface area (Å²) in [7, 11) is 0. The lowest BCUT2D eigenvalue weighted by molar-refractivity contribution is 0.474. The van der Waals surface area contributed by atoms with Gasteiger partial charge in [0, 0.05) is 31.7 Å². The zero-order chi connectivity index (χ0) is 26.3. The molecule has 38 heavy (non-hydrogen) atoms. The van der Waals surface area contributed by atoms with Crippen LogP contribution in [0.25, 0.3) is 0 Å². The van der Waals surface area contributed by atoms with E-state index in [0.717, 1.165) is 63.1 Å². The number of nitrogens with zero attached hydrogens (tertiary/aromatic N) is 8. The number of piperidine rings is 2. The average Bonchev–Trinajstić information content (AvgIpc) is 2.96. The van der Waals surface area contributed by atoms with Gasteiger partial charge in [0.2, 0.25) is 17.8 Å². The molecule has 0 amide bonds. The SMILES string of the molecule is Cc1ccc(N=Nc2ccc(O)c(/C=N\Nc3nc(N4CCCCC4)nc(N4CCCCC4)n3)c2)cc1C. The molecule has 0 bridgehead atoms. The number of hydrazone groups is 1. The molecule has 10 nitrogen and oxygen atoms in total. The lowest BCUT2D eigenvalue weighted by atomic mass is 10.1. The summed E-state index contributed by atoms with van der Waals surface area (Å²) >= 11 is 0. The highest BCUT2D eigenvalue weighted by Crippen LogP contribution is 2.26. The lowest BCUT2D eigenvalue weighted by Crippen LogP contribution is -2.34. The molecule has 0 radical (unpaired) electrons. The maximum Gasteiger partial charge on any atom is 0.250 e. The molecule has 10 heteroatoms. The van der Waals surface area contributed by atoms with Crippen molar-refractivity contribution in [1.82, 2.24) is 15.0 Å². The number of aryl methyl sites for hydroxylation is 2. The number of hydrogen-bond donors (Lipinski definition) is 2. The highest BCUT2D eigenvalue weighted by atomic mass is 16.3. The molecule has 0 atom stereocenters. The Morgan fingerprint density at radius 1 is 0.737 bits per heavy atom. The quantitative estimate of drug-likeness (QED) is 0.225. The Hall–Kier alpha value is -4.08. The van der Waals surface area contributed by atoms with E-state index < -0.39 is 0 Å². The first-order valence-corrected chi connectivity index (χ1v) is 13.4. The van der Waals surface area contributed by atoms with E-state index in [-0.39, 0.29) is 5.75 Å². The third kappa shape index (κ3) is 6.42.